The monoisotopic (exact) mass is 438 g/mol. The Morgan fingerprint density at radius 2 is 1.93 bits per heavy atom. The number of hydrogen-bond acceptors (Lipinski definition) is 5. The van der Waals surface area contributed by atoms with Crippen molar-refractivity contribution in [2.24, 2.45) is 0 Å². The van der Waals surface area contributed by atoms with E-state index in [1.807, 2.05) is 31.4 Å². The number of sulfonamides is 1. The number of fused-ring (bicyclic) bond motifs is 1. The Hall–Kier alpha value is -1.58. The van der Waals surface area contributed by atoms with Crippen molar-refractivity contribution in [3.05, 3.63) is 18.2 Å². The number of aromatic nitrogens is 2. The molecule has 1 N–H and O–H groups in total. The topological polar surface area (TPSA) is 84.3 Å². The second-order valence-corrected chi connectivity index (χ2v) is 10.1. The molecule has 0 aliphatic heterocycles. The first-order valence-electron chi connectivity index (χ1n) is 10.3. The number of hydrogen-bond donors (Lipinski definition) is 1. The van der Waals surface area contributed by atoms with E-state index in [2.05, 4.69) is 10.3 Å². The maximum atomic E-state index is 12.8. The van der Waals surface area contributed by atoms with E-state index in [-0.39, 0.29) is 10.8 Å². The first-order chi connectivity index (χ1) is 13.9. The predicted octanol–water partition coefficient (Wildman–Crippen LogP) is 3.24. The Bertz CT molecular complexity index is 962. The highest BCUT2D eigenvalue weighted by Gasteiger charge is 2.23. The van der Waals surface area contributed by atoms with Crippen molar-refractivity contribution in [3.63, 3.8) is 0 Å². The van der Waals surface area contributed by atoms with E-state index < -0.39 is 10.0 Å². The van der Waals surface area contributed by atoms with E-state index in [0.29, 0.717) is 36.9 Å². The lowest BCUT2D eigenvalue weighted by Crippen LogP contribution is -2.33. The molecule has 0 bridgehead atoms. The number of benzene rings is 1. The third kappa shape index (κ3) is 4.78. The van der Waals surface area contributed by atoms with Gasteiger partial charge in [-0.2, -0.15) is 4.31 Å². The van der Waals surface area contributed by atoms with Crippen molar-refractivity contribution in [1.82, 2.24) is 19.2 Å². The molecule has 9 heteroatoms. The molecule has 0 saturated heterocycles. The van der Waals surface area contributed by atoms with Gasteiger partial charge in [0.1, 0.15) is 0 Å². The zero-order chi connectivity index (χ0) is 21.0. The van der Waals surface area contributed by atoms with Gasteiger partial charge in [0, 0.05) is 25.7 Å². The summed E-state index contributed by atoms with van der Waals surface area (Å²) in [6.07, 6.45) is 4.49. The number of carbonyl (C=O) groups excluding carboxylic acids is 1. The normalized spacial score (nSPS) is 15.4. The maximum Gasteiger partial charge on any atom is 0.243 e. The smallest absolute Gasteiger partial charge is 0.243 e. The van der Waals surface area contributed by atoms with E-state index in [0.717, 1.165) is 23.5 Å². The maximum absolute atomic E-state index is 12.8. The molecule has 0 spiro atoms. The summed E-state index contributed by atoms with van der Waals surface area (Å²) in [5.74, 6) is 0.339. The fraction of sp³-hybridized carbons (Fsp3) is 0.600. The van der Waals surface area contributed by atoms with Crippen molar-refractivity contribution in [3.8, 4) is 0 Å². The van der Waals surface area contributed by atoms with Crippen LogP contribution in [0.5, 0.6) is 0 Å². The summed E-state index contributed by atoms with van der Waals surface area (Å²) >= 11 is 1.40. The van der Waals surface area contributed by atoms with Gasteiger partial charge in [-0.15, -0.1) is 0 Å². The Labute approximate surface area is 177 Å². The summed E-state index contributed by atoms with van der Waals surface area (Å²) in [5, 5.41) is 3.83. The number of aryl methyl sites for hydroxylation is 1. The van der Waals surface area contributed by atoms with Crippen molar-refractivity contribution in [2.45, 2.75) is 69.1 Å². The number of rotatable bonds is 9. The molecule has 29 heavy (non-hydrogen) atoms. The average Bonchev–Trinajstić information content (AvgIpc) is 3.33. The Morgan fingerprint density at radius 1 is 1.24 bits per heavy atom. The Morgan fingerprint density at radius 3 is 2.55 bits per heavy atom. The van der Waals surface area contributed by atoms with Crippen LogP contribution in [-0.2, 0) is 21.4 Å². The molecule has 2 aromatic rings. The van der Waals surface area contributed by atoms with Gasteiger partial charge in [-0.3, -0.25) is 4.79 Å². The van der Waals surface area contributed by atoms with Gasteiger partial charge in [0.25, 0.3) is 0 Å². The van der Waals surface area contributed by atoms with E-state index in [9.17, 15) is 13.2 Å². The van der Waals surface area contributed by atoms with Crippen LogP contribution in [0.15, 0.2) is 28.3 Å². The van der Waals surface area contributed by atoms with Gasteiger partial charge < -0.3 is 9.88 Å². The van der Waals surface area contributed by atoms with Crippen LogP contribution in [-0.4, -0.2) is 53.1 Å². The highest BCUT2D eigenvalue weighted by atomic mass is 32.2. The molecule has 1 amide bonds. The standard InChI is InChI=1S/C20H30N4O3S2/c1-4-23(5-2)29(26,27)16-11-12-18-17(13-16)22-20(24(18)6-3)28-14-19(25)21-15-9-7-8-10-15/h11-13,15H,4-10,14H2,1-3H3,(H,21,25). The van der Waals surface area contributed by atoms with Crippen LogP contribution in [0.1, 0.15) is 46.5 Å². The molecule has 1 saturated carbocycles. The van der Waals surface area contributed by atoms with Crippen molar-refractivity contribution >= 4 is 38.7 Å². The molecule has 1 aliphatic rings. The molecule has 160 valence electrons. The van der Waals surface area contributed by atoms with E-state index in [4.69, 9.17) is 0 Å². The van der Waals surface area contributed by atoms with E-state index >= 15 is 0 Å². The molecular weight excluding hydrogens is 408 g/mol. The van der Waals surface area contributed by atoms with Gasteiger partial charge in [-0.05, 0) is 38.0 Å². The molecular formula is C20H30N4O3S2. The fourth-order valence-electron chi connectivity index (χ4n) is 3.85. The number of imidazole rings is 1. The second kappa shape index (κ2) is 9.49. The van der Waals surface area contributed by atoms with Gasteiger partial charge in [0.15, 0.2) is 5.16 Å². The molecule has 1 aromatic heterocycles. The molecule has 0 radical (unpaired) electrons. The second-order valence-electron chi connectivity index (χ2n) is 7.22. The molecule has 1 aromatic carbocycles. The van der Waals surface area contributed by atoms with Crippen molar-refractivity contribution in [2.75, 3.05) is 18.8 Å². The molecule has 0 atom stereocenters. The van der Waals surface area contributed by atoms with Crippen LogP contribution in [0.2, 0.25) is 0 Å². The molecule has 1 fully saturated rings. The number of thioether (sulfide) groups is 1. The zero-order valence-electron chi connectivity index (χ0n) is 17.3. The summed E-state index contributed by atoms with van der Waals surface area (Å²) in [7, 11) is -3.53. The summed E-state index contributed by atoms with van der Waals surface area (Å²) in [6.45, 7) is 7.23. The van der Waals surface area contributed by atoms with E-state index in [1.54, 1.807) is 12.1 Å². The van der Waals surface area contributed by atoms with Crippen molar-refractivity contribution < 1.29 is 13.2 Å². The number of carbonyl (C=O) groups is 1. The first kappa shape index (κ1) is 22.1. The van der Waals surface area contributed by atoms with Gasteiger partial charge in [0.2, 0.25) is 15.9 Å². The molecule has 1 aliphatic carbocycles. The summed E-state index contributed by atoms with van der Waals surface area (Å²) in [6, 6.07) is 5.40. The van der Waals surface area contributed by atoms with E-state index in [1.165, 1.54) is 28.9 Å². The van der Waals surface area contributed by atoms with Crippen LogP contribution in [0.3, 0.4) is 0 Å². The summed E-state index contributed by atoms with van der Waals surface area (Å²) in [5.41, 5.74) is 1.52. The lowest BCUT2D eigenvalue weighted by Gasteiger charge is -2.18. The quantitative estimate of drug-likeness (QED) is 0.608. The number of nitrogens with one attached hydrogen (secondary N) is 1. The summed E-state index contributed by atoms with van der Waals surface area (Å²) < 4.78 is 29.1. The lowest BCUT2D eigenvalue weighted by atomic mass is 10.2. The number of amides is 1. The third-order valence-electron chi connectivity index (χ3n) is 5.40. The zero-order valence-corrected chi connectivity index (χ0v) is 19.0. The SMILES string of the molecule is CCN(CC)S(=O)(=O)c1ccc2c(c1)nc(SCC(=O)NC1CCCC1)n2CC. The van der Waals surface area contributed by atoms with Crippen LogP contribution in [0.25, 0.3) is 11.0 Å². The minimum absolute atomic E-state index is 0.0291. The molecule has 0 unspecified atom stereocenters. The highest BCUT2D eigenvalue weighted by Crippen LogP contribution is 2.27. The Balaban J connectivity index is 1.80. The Kier molecular flexibility index (Phi) is 7.23. The average molecular weight is 439 g/mol. The van der Waals surface area contributed by atoms with Crippen LogP contribution in [0.4, 0.5) is 0 Å². The van der Waals surface area contributed by atoms with Gasteiger partial charge in [-0.1, -0.05) is 38.5 Å². The van der Waals surface area contributed by atoms with Gasteiger partial charge in [0.05, 0.1) is 21.7 Å². The molecule has 3 rings (SSSR count). The number of nitrogens with zero attached hydrogens (tertiary/aromatic N) is 3. The fourth-order valence-corrected chi connectivity index (χ4v) is 6.21. The first-order valence-corrected chi connectivity index (χ1v) is 12.8. The minimum Gasteiger partial charge on any atom is -0.353 e. The van der Waals surface area contributed by atoms with Crippen LogP contribution in [0, 0.1) is 0 Å². The summed E-state index contributed by atoms with van der Waals surface area (Å²) in [4.78, 5) is 17.2. The molecule has 7 nitrogen and oxygen atoms in total. The minimum atomic E-state index is -3.53. The van der Waals surface area contributed by atoms with Crippen LogP contribution >= 0.6 is 11.8 Å². The van der Waals surface area contributed by atoms with Gasteiger partial charge >= 0.3 is 0 Å². The van der Waals surface area contributed by atoms with Crippen LogP contribution < -0.4 is 5.32 Å². The predicted molar refractivity (Wildman–Crippen MR) is 117 cm³/mol. The molecule has 1 heterocycles. The highest BCUT2D eigenvalue weighted by molar-refractivity contribution is 7.99. The third-order valence-corrected chi connectivity index (χ3v) is 8.42. The lowest BCUT2D eigenvalue weighted by molar-refractivity contribution is -0.119. The van der Waals surface area contributed by atoms with Gasteiger partial charge in [-0.25, -0.2) is 13.4 Å². The largest absolute Gasteiger partial charge is 0.353 e. The van der Waals surface area contributed by atoms with Crippen molar-refractivity contribution in [1.29, 1.82) is 0 Å².